The highest BCUT2D eigenvalue weighted by molar-refractivity contribution is 9.10. The van der Waals surface area contributed by atoms with Gasteiger partial charge in [0, 0.05) is 23.1 Å². The quantitative estimate of drug-likeness (QED) is 0.552. The number of benzene rings is 2. The van der Waals surface area contributed by atoms with Crippen molar-refractivity contribution in [1.29, 1.82) is 0 Å². The molecule has 2 aromatic carbocycles. The van der Waals surface area contributed by atoms with E-state index in [1.165, 1.54) is 4.31 Å². The molecule has 1 fully saturated rings. The van der Waals surface area contributed by atoms with Gasteiger partial charge in [0.25, 0.3) is 0 Å². The highest BCUT2D eigenvalue weighted by Crippen LogP contribution is 2.24. The van der Waals surface area contributed by atoms with Crippen LogP contribution in [0.3, 0.4) is 0 Å². The van der Waals surface area contributed by atoms with Crippen molar-refractivity contribution in [2.24, 2.45) is 5.92 Å². The van der Waals surface area contributed by atoms with E-state index in [9.17, 15) is 13.2 Å². The summed E-state index contributed by atoms with van der Waals surface area (Å²) >= 11 is 3.40. The Hall–Kier alpha value is -2.56. The van der Waals surface area contributed by atoms with E-state index in [0.29, 0.717) is 25.2 Å². The summed E-state index contributed by atoms with van der Waals surface area (Å²) in [5, 5.41) is 6.74. The van der Waals surface area contributed by atoms with Crippen molar-refractivity contribution in [3.63, 3.8) is 0 Å². The fraction of sp³-hybridized carbons (Fsp3) is 0.286. The van der Waals surface area contributed by atoms with E-state index in [4.69, 9.17) is 4.52 Å². The molecular weight excluding hydrogens is 484 g/mol. The number of piperidine rings is 1. The second-order valence-corrected chi connectivity index (χ2v) is 10.1. The number of hydrogen-bond acceptors (Lipinski definition) is 6. The highest BCUT2D eigenvalue weighted by atomic mass is 79.9. The van der Waals surface area contributed by atoms with E-state index in [1.54, 1.807) is 30.3 Å². The van der Waals surface area contributed by atoms with Gasteiger partial charge in [0.1, 0.15) is 0 Å². The molecule has 1 N–H and O–H groups in total. The number of halogens is 1. The van der Waals surface area contributed by atoms with Crippen molar-refractivity contribution in [3.8, 4) is 11.4 Å². The van der Waals surface area contributed by atoms with Crippen LogP contribution in [-0.4, -0.2) is 41.9 Å². The zero-order valence-electron chi connectivity index (χ0n) is 16.6. The van der Waals surface area contributed by atoms with Crippen molar-refractivity contribution in [2.45, 2.75) is 24.3 Å². The zero-order chi connectivity index (χ0) is 21.8. The first-order chi connectivity index (χ1) is 14.9. The largest absolute Gasteiger partial charge is 0.347 e. The fourth-order valence-electron chi connectivity index (χ4n) is 3.49. The number of sulfonamides is 1. The number of hydrogen-bond donors (Lipinski definition) is 1. The van der Waals surface area contributed by atoms with E-state index in [0.717, 1.165) is 10.0 Å². The lowest BCUT2D eigenvalue weighted by molar-refractivity contribution is -0.126. The highest BCUT2D eigenvalue weighted by Gasteiger charge is 2.33. The van der Waals surface area contributed by atoms with E-state index >= 15 is 0 Å². The summed E-state index contributed by atoms with van der Waals surface area (Å²) in [6, 6.07) is 15.8. The predicted molar refractivity (Wildman–Crippen MR) is 117 cm³/mol. The van der Waals surface area contributed by atoms with Crippen LogP contribution in [0.4, 0.5) is 0 Å². The second kappa shape index (κ2) is 9.29. The van der Waals surface area contributed by atoms with Crippen molar-refractivity contribution in [3.05, 3.63) is 65.0 Å². The number of nitrogens with one attached hydrogen (secondary N) is 1. The van der Waals surface area contributed by atoms with Crippen molar-refractivity contribution >= 4 is 31.9 Å². The molecule has 0 spiro atoms. The van der Waals surface area contributed by atoms with Gasteiger partial charge in [-0.2, -0.15) is 9.29 Å². The minimum atomic E-state index is -3.62. The Morgan fingerprint density at radius 3 is 2.77 bits per heavy atom. The zero-order valence-corrected chi connectivity index (χ0v) is 19.0. The van der Waals surface area contributed by atoms with Gasteiger partial charge in [-0.3, -0.25) is 4.79 Å². The molecule has 4 rings (SSSR count). The summed E-state index contributed by atoms with van der Waals surface area (Å²) < 4.78 is 33.2. The Balaban J connectivity index is 1.37. The molecule has 1 aromatic heterocycles. The maximum absolute atomic E-state index is 12.9. The molecule has 1 saturated heterocycles. The molecule has 0 saturated carbocycles. The number of carbonyl (C=O) groups excluding carboxylic acids is 1. The van der Waals surface area contributed by atoms with Crippen LogP contribution in [0.5, 0.6) is 0 Å². The molecule has 1 aliphatic heterocycles. The number of carbonyl (C=O) groups is 1. The van der Waals surface area contributed by atoms with Gasteiger partial charge >= 0.3 is 0 Å². The first-order valence-corrected chi connectivity index (χ1v) is 12.1. The van der Waals surface area contributed by atoms with Crippen LogP contribution in [0, 0.1) is 5.92 Å². The third-order valence-electron chi connectivity index (χ3n) is 5.10. The topological polar surface area (TPSA) is 105 Å². The number of rotatable bonds is 6. The minimum absolute atomic E-state index is 0.0851. The molecule has 3 aromatic rings. The maximum Gasteiger partial charge on any atom is 0.246 e. The van der Waals surface area contributed by atoms with Crippen LogP contribution in [0.15, 0.2) is 68.5 Å². The average Bonchev–Trinajstić information content (AvgIpc) is 3.27. The Bertz CT molecular complexity index is 1170. The van der Waals surface area contributed by atoms with Crippen LogP contribution in [-0.2, 0) is 21.4 Å². The van der Waals surface area contributed by atoms with Gasteiger partial charge in [-0.1, -0.05) is 51.4 Å². The standard InChI is InChI=1S/C21H21BrN4O4S/c22-17-8-4-6-15(12-17)20-24-19(30-25-20)13-23-21(27)16-7-5-11-26(14-16)31(28,29)18-9-2-1-3-10-18/h1-4,6,8-10,12,16H,5,7,11,13-14H2,(H,23,27). The Morgan fingerprint density at radius 1 is 1.19 bits per heavy atom. The molecular formula is C21H21BrN4O4S. The summed E-state index contributed by atoms with van der Waals surface area (Å²) in [6.45, 7) is 0.638. The van der Waals surface area contributed by atoms with Crippen molar-refractivity contribution < 1.29 is 17.7 Å². The molecule has 1 unspecified atom stereocenters. The monoisotopic (exact) mass is 504 g/mol. The third-order valence-corrected chi connectivity index (χ3v) is 7.47. The Kier molecular flexibility index (Phi) is 6.49. The van der Waals surface area contributed by atoms with E-state index in [1.807, 2.05) is 24.3 Å². The molecule has 162 valence electrons. The number of aromatic nitrogens is 2. The van der Waals surface area contributed by atoms with Gasteiger partial charge in [0.15, 0.2) is 0 Å². The molecule has 31 heavy (non-hydrogen) atoms. The van der Waals surface area contributed by atoms with Gasteiger partial charge in [-0.05, 0) is 37.1 Å². The molecule has 0 radical (unpaired) electrons. The van der Waals surface area contributed by atoms with Crippen LogP contribution in [0.2, 0.25) is 0 Å². The first-order valence-electron chi connectivity index (χ1n) is 9.85. The van der Waals surface area contributed by atoms with Crippen molar-refractivity contribution in [2.75, 3.05) is 13.1 Å². The minimum Gasteiger partial charge on any atom is -0.347 e. The maximum atomic E-state index is 12.9. The number of amides is 1. The molecule has 1 aliphatic rings. The van der Waals surface area contributed by atoms with E-state index < -0.39 is 15.9 Å². The summed E-state index contributed by atoms with van der Waals surface area (Å²) in [4.78, 5) is 17.2. The summed E-state index contributed by atoms with van der Waals surface area (Å²) in [6.07, 6.45) is 1.25. The summed E-state index contributed by atoms with van der Waals surface area (Å²) in [7, 11) is -3.62. The Labute approximate surface area is 188 Å². The van der Waals surface area contributed by atoms with Crippen LogP contribution >= 0.6 is 15.9 Å². The van der Waals surface area contributed by atoms with E-state index in [2.05, 4.69) is 31.4 Å². The smallest absolute Gasteiger partial charge is 0.246 e. The third kappa shape index (κ3) is 5.03. The lowest BCUT2D eigenvalue weighted by atomic mass is 9.99. The summed E-state index contributed by atoms with van der Waals surface area (Å²) in [5.41, 5.74) is 0.796. The first kappa shape index (κ1) is 21.7. The van der Waals surface area contributed by atoms with Crippen molar-refractivity contribution in [1.82, 2.24) is 19.8 Å². The molecule has 1 atom stereocenters. The van der Waals surface area contributed by atoms with Crippen LogP contribution in [0.25, 0.3) is 11.4 Å². The molecule has 1 amide bonds. The average molecular weight is 505 g/mol. The number of nitrogens with zero attached hydrogens (tertiary/aromatic N) is 3. The van der Waals surface area contributed by atoms with Crippen LogP contribution < -0.4 is 5.32 Å². The molecule has 0 bridgehead atoms. The van der Waals surface area contributed by atoms with Gasteiger partial charge < -0.3 is 9.84 Å². The molecule has 0 aliphatic carbocycles. The lowest BCUT2D eigenvalue weighted by Gasteiger charge is -2.31. The molecule has 10 heteroatoms. The van der Waals surface area contributed by atoms with E-state index in [-0.39, 0.29) is 29.8 Å². The molecule has 2 heterocycles. The van der Waals surface area contributed by atoms with Crippen LogP contribution in [0.1, 0.15) is 18.7 Å². The van der Waals surface area contributed by atoms with Gasteiger partial charge in [0.2, 0.25) is 27.6 Å². The SMILES string of the molecule is O=C(NCc1nc(-c2cccc(Br)c2)no1)C1CCCN(S(=O)(=O)c2ccccc2)C1. The second-order valence-electron chi connectivity index (χ2n) is 7.26. The van der Waals surface area contributed by atoms with Gasteiger partial charge in [-0.25, -0.2) is 8.42 Å². The van der Waals surface area contributed by atoms with Gasteiger partial charge in [0.05, 0.1) is 17.4 Å². The lowest BCUT2D eigenvalue weighted by Crippen LogP contribution is -2.45. The molecule has 8 nitrogen and oxygen atoms in total. The van der Waals surface area contributed by atoms with Gasteiger partial charge in [-0.15, -0.1) is 0 Å². The fourth-order valence-corrected chi connectivity index (χ4v) is 5.44. The predicted octanol–water partition coefficient (Wildman–Crippen LogP) is 3.22. The normalized spacial score (nSPS) is 17.4. The summed E-state index contributed by atoms with van der Waals surface area (Å²) in [5.74, 6) is 0.0612. The Morgan fingerprint density at radius 2 is 2.00 bits per heavy atom.